The number of hydrogen-bond acceptors (Lipinski definition) is 2. The number of primary amides is 1. The highest BCUT2D eigenvalue weighted by Crippen LogP contribution is 2.33. The second-order valence-electron chi connectivity index (χ2n) is 5.09. The van der Waals surface area contributed by atoms with E-state index in [-0.39, 0.29) is 11.8 Å². The van der Waals surface area contributed by atoms with Gasteiger partial charge in [0.05, 0.1) is 7.11 Å². The molecule has 20 heavy (non-hydrogen) atoms. The maximum atomic E-state index is 11.3. The van der Waals surface area contributed by atoms with Gasteiger partial charge in [0, 0.05) is 6.42 Å². The van der Waals surface area contributed by atoms with Crippen molar-refractivity contribution in [2.45, 2.75) is 32.1 Å². The topological polar surface area (TPSA) is 52.3 Å². The molecule has 1 amide bonds. The number of benzene rings is 2. The van der Waals surface area contributed by atoms with Crippen molar-refractivity contribution in [1.82, 2.24) is 0 Å². The number of methoxy groups -OCH3 is 1. The van der Waals surface area contributed by atoms with Crippen LogP contribution in [0.5, 0.6) is 5.75 Å². The highest BCUT2D eigenvalue weighted by Gasteiger charge is 2.16. The predicted molar refractivity (Wildman–Crippen MR) is 82.0 cm³/mol. The first-order chi connectivity index (χ1) is 9.65. The summed E-state index contributed by atoms with van der Waals surface area (Å²) in [6.45, 7) is 2.12. The average Bonchev–Trinajstić information content (AvgIpc) is 2.45. The van der Waals surface area contributed by atoms with E-state index in [2.05, 4.69) is 19.1 Å². The van der Waals surface area contributed by atoms with Crippen molar-refractivity contribution < 1.29 is 9.53 Å². The molecule has 0 heterocycles. The molecule has 0 radical (unpaired) electrons. The van der Waals surface area contributed by atoms with Crippen LogP contribution in [0.1, 0.15) is 37.7 Å². The zero-order chi connectivity index (χ0) is 14.5. The number of carbonyl (C=O) groups is 1. The van der Waals surface area contributed by atoms with Crippen molar-refractivity contribution in [3.05, 3.63) is 42.0 Å². The Kier molecular flexibility index (Phi) is 4.61. The third kappa shape index (κ3) is 3.10. The lowest BCUT2D eigenvalue weighted by Crippen LogP contribution is -2.15. The second-order valence-corrected chi connectivity index (χ2v) is 5.09. The van der Waals surface area contributed by atoms with Crippen LogP contribution in [-0.2, 0) is 4.79 Å². The van der Waals surface area contributed by atoms with Crippen LogP contribution in [0.2, 0.25) is 0 Å². The van der Waals surface area contributed by atoms with Crippen molar-refractivity contribution in [3.63, 3.8) is 0 Å². The number of amides is 1. The lowest BCUT2D eigenvalue weighted by molar-refractivity contribution is -0.118. The van der Waals surface area contributed by atoms with Crippen molar-refractivity contribution in [1.29, 1.82) is 0 Å². The van der Waals surface area contributed by atoms with Gasteiger partial charge in [0.2, 0.25) is 5.91 Å². The van der Waals surface area contributed by atoms with Gasteiger partial charge in [-0.25, -0.2) is 0 Å². The van der Waals surface area contributed by atoms with E-state index in [9.17, 15) is 4.79 Å². The van der Waals surface area contributed by atoms with E-state index in [0.717, 1.165) is 29.4 Å². The van der Waals surface area contributed by atoms with Crippen LogP contribution in [0.15, 0.2) is 36.4 Å². The Hall–Kier alpha value is -2.03. The summed E-state index contributed by atoms with van der Waals surface area (Å²) in [6, 6.07) is 12.2. The van der Waals surface area contributed by atoms with Gasteiger partial charge >= 0.3 is 0 Å². The number of carbonyl (C=O) groups excluding carboxylic acids is 1. The fraction of sp³-hybridized carbons (Fsp3) is 0.353. The molecule has 0 aliphatic heterocycles. The molecule has 0 aliphatic carbocycles. The molecule has 0 saturated heterocycles. The van der Waals surface area contributed by atoms with Crippen molar-refractivity contribution in [3.8, 4) is 5.75 Å². The molecule has 2 aromatic carbocycles. The first-order valence-electron chi connectivity index (χ1n) is 7.00. The van der Waals surface area contributed by atoms with E-state index in [1.165, 1.54) is 5.56 Å². The Morgan fingerprint density at radius 2 is 2.10 bits per heavy atom. The van der Waals surface area contributed by atoms with Gasteiger partial charge in [-0.1, -0.05) is 37.6 Å². The van der Waals surface area contributed by atoms with E-state index < -0.39 is 0 Å². The first kappa shape index (κ1) is 14.4. The van der Waals surface area contributed by atoms with Gasteiger partial charge in [-0.2, -0.15) is 0 Å². The highest BCUT2D eigenvalue weighted by atomic mass is 16.5. The highest BCUT2D eigenvalue weighted by molar-refractivity contribution is 5.88. The quantitative estimate of drug-likeness (QED) is 0.872. The SMILES string of the molecule is CCCC(CC(N)=O)c1cccc2ccc(OC)cc12. The molecule has 0 spiro atoms. The minimum Gasteiger partial charge on any atom is -0.497 e. The van der Waals surface area contributed by atoms with Crippen LogP contribution >= 0.6 is 0 Å². The number of nitrogens with two attached hydrogens (primary N) is 1. The van der Waals surface area contributed by atoms with Gasteiger partial charge in [0.15, 0.2) is 0 Å². The standard InChI is InChI=1S/C17H21NO2/c1-3-5-13(10-17(18)19)15-7-4-6-12-8-9-14(20-2)11-16(12)15/h4,6-9,11,13H,3,5,10H2,1-2H3,(H2,18,19). The molecule has 0 aromatic heterocycles. The molecule has 2 rings (SSSR count). The molecule has 0 saturated carbocycles. The molecular formula is C17H21NO2. The van der Waals surface area contributed by atoms with Crippen LogP contribution in [0.3, 0.4) is 0 Å². The molecule has 106 valence electrons. The first-order valence-corrected chi connectivity index (χ1v) is 7.00. The number of fused-ring (bicyclic) bond motifs is 1. The van der Waals surface area contributed by atoms with E-state index in [1.807, 2.05) is 24.3 Å². The molecule has 0 aliphatic rings. The lowest BCUT2D eigenvalue weighted by Gasteiger charge is -2.17. The summed E-state index contributed by atoms with van der Waals surface area (Å²) in [5.74, 6) is 0.760. The zero-order valence-corrected chi connectivity index (χ0v) is 12.1. The summed E-state index contributed by atoms with van der Waals surface area (Å²) in [7, 11) is 1.66. The summed E-state index contributed by atoms with van der Waals surface area (Å²) >= 11 is 0. The molecule has 1 unspecified atom stereocenters. The van der Waals surface area contributed by atoms with Crippen LogP contribution in [0, 0.1) is 0 Å². The van der Waals surface area contributed by atoms with Crippen molar-refractivity contribution in [2.75, 3.05) is 7.11 Å². The normalized spacial score (nSPS) is 12.3. The molecule has 0 fully saturated rings. The summed E-state index contributed by atoms with van der Waals surface area (Å²) in [5.41, 5.74) is 6.58. The predicted octanol–water partition coefficient (Wildman–Crippen LogP) is 3.61. The van der Waals surface area contributed by atoms with Gasteiger partial charge in [-0.15, -0.1) is 0 Å². The Morgan fingerprint density at radius 1 is 1.30 bits per heavy atom. The van der Waals surface area contributed by atoms with Crippen LogP contribution in [0.25, 0.3) is 10.8 Å². The number of ether oxygens (including phenoxy) is 1. The minimum atomic E-state index is -0.247. The second kappa shape index (κ2) is 6.42. The third-order valence-electron chi connectivity index (χ3n) is 3.65. The van der Waals surface area contributed by atoms with Gasteiger partial charge in [-0.3, -0.25) is 4.79 Å². The number of rotatable bonds is 6. The van der Waals surface area contributed by atoms with Crippen LogP contribution in [0.4, 0.5) is 0 Å². The maximum absolute atomic E-state index is 11.3. The molecule has 0 bridgehead atoms. The van der Waals surface area contributed by atoms with E-state index in [4.69, 9.17) is 10.5 Å². The van der Waals surface area contributed by atoms with E-state index in [1.54, 1.807) is 7.11 Å². The Morgan fingerprint density at radius 3 is 2.75 bits per heavy atom. The minimum absolute atomic E-state index is 0.174. The van der Waals surface area contributed by atoms with Gasteiger partial charge in [-0.05, 0) is 40.8 Å². The Labute approximate surface area is 119 Å². The molecule has 1 atom stereocenters. The fourth-order valence-corrected chi connectivity index (χ4v) is 2.72. The maximum Gasteiger partial charge on any atom is 0.218 e. The molecule has 3 nitrogen and oxygen atoms in total. The Bertz CT molecular complexity index is 607. The number of hydrogen-bond donors (Lipinski definition) is 1. The fourth-order valence-electron chi connectivity index (χ4n) is 2.72. The Balaban J connectivity index is 2.52. The molecule has 2 aromatic rings. The largest absolute Gasteiger partial charge is 0.497 e. The van der Waals surface area contributed by atoms with Gasteiger partial charge in [0.25, 0.3) is 0 Å². The van der Waals surface area contributed by atoms with Crippen molar-refractivity contribution in [2.24, 2.45) is 5.73 Å². The molecule has 3 heteroatoms. The van der Waals surface area contributed by atoms with Gasteiger partial charge in [0.1, 0.15) is 5.75 Å². The van der Waals surface area contributed by atoms with Crippen LogP contribution < -0.4 is 10.5 Å². The zero-order valence-electron chi connectivity index (χ0n) is 12.1. The summed E-state index contributed by atoms with van der Waals surface area (Å²) in [4.78, 5) is 11.3. The lowest BCUT2D eigenvalue weighted by atomic mass is 9.87. The summed E-state index contributed by atoms with van der Waals surface area (Å²) < 4.78 is 5.31. The molecular weight excluding hydrogens is 250 g/mol. The average molecular weight is 271 g/mol. The van der Waals surface area contributed by atoms with Crippen LogP contribution in [-0.4, -0.2) is 13.0 Å². The third-order valence-corrected chi connectivity index (χ3v) is 3.65. The van der Waals surface area contributed by atoms with E-state index >= 15 is 0 Å². The van der Waals surface area contributed by atoms with E-state index in [0.29, 0.717) is 6.42 Å². The van der Waals surface area contributed by atoms with Crippen molar-refractivity contribution >= 4 is 16.7 Å². The summed E-state index contributed by atoms with van der Waals surface area (Å²) in [5, 5.41) is 2.31. The van der Waals surface area contributed by atoms with Gasteiger partial charge < -0.3 is 10.5 Å². The monoisotopic (exact) mass is 271 g/mol. The smallest absolute Gasteiger partial charge is 0.218 e. The molecule has 2 N–H and O–H groups in total. The summed E-state index contributed by atoms with van der Waals surface area (Å²) in [6.07, 6.45) is 2.38.